The molecule has 2 aromatic rings. The lowest BCUT2D eigenvalue weighted by atomic mass is 10.1. The predicted octanol–water partition coefficient (Wildman–Crippen LogP) is 3.04. The van der Waals surface area contributed by atoms with Gasteiger partial charge in [0.25, 0.3) is 5.91 Å². The third kappa shape index (κ3) is 2.70. The van der Waals surface area contributed by atoms with Crippen molar-refractivity contribution in [3.8, 4) is 0 Å². The number of hydrogen-bond donors (Lipinski definition) is 0. The number of furan rings is 1. The van der Waals surface area contributed by atoms with Crippen molar-refractivity contribution in [1.29, 1.82) is 0 Å². The van der Waals surface area contributed by atoms with Gasteiger partial charge < -0.3 is 13.8 Å². The standard InChI is InChI=1S/C15H19N3O3/c1-10-7-9-20-13(10)15(19)18-8-5-3-4-6-12(18)14-16-11(2)21-17-14/h7,9,12H,3-6,8H2,1-2H3/t12-/m1/s1. The van der Waals surface area contributed by atoms with Crippen LogP contribution < -0.4 is 0 Å². The van der Waals surface area contributed by atoms with E-state index >= 15 is 0 Å². The molecule has 1 aliphatic rings. The third-order valence-corrected chi connectivity index (χ3v) is 3.91. The van der Waals surface area contributed by atoms with Crippen LogP contribution in [0.2, 0.25) is 0 Å². The Balaban J connectivity index is 1.92. The van der Waals surface area contributed by atoms with Crippen molar-refractivity contribution in [2.75, 3.05) is 6.54 Å². The van der Waals surface area contributed by atoms with Crippen molar-refractivity contribution < 1.29 is 13.7 Å². The summed E-state index contributed by atoms with van der Waals surface area (Å²) in [7, 11) is 0. The van der Waals surface area contributed by atoms with Crippen LogP contribution >= 0.6 is 0 Å². The fourth-order valence-electron chi connectivity index (χ4n) is 2.79. The maximum absolute atomic E-state index is 12.8. The van der Waals surface area contributed by atoms with E-state index in [1.807, 2.05) is 11.8 Å². The number of nitrogens with zero attached hydrogens (tertiary/aromatic N) is 3. The molecule has 2 aromatic heterocycles. The Labute approximate surface area is 123 Å². The molecular formula is C15H19N3O3. The molecular weight excluding hydrogens is 270 g/mol. The largest absolute Gasteiger partial charge is 0.459 e. The summed E-state index contributed by atoms with van der Waals surface area (Å²) in [6.45, 7) is 4.33. The summed E-state index contributed by atoms with van der Waals surface area (Å²) in [4.78, 5) is 18.9. The second-order valence-corrected chi connectivity index (χ2v) is 5.47. The molecule has 21 heavy (non-hydrogen) atoms. The lowest BCUT2D eigenvalue weighted by molar-refractivity contribution is 0.0636. The Bertz CT molecular complexity index is 632. The van der Waals surface area contributed by atoms with Gasteiger partial charge in [-0.1, -0.05) is 18.0 Å². The van der Waals surface area contributed by atoms with Crippen LogP contribution in [0.1, 0.15) is 59.6 Å². The van der Waals surface area contributed by atoms with Crippen molar-refractivity contribution in [1.82, 2.24) is 15.0 Å². The molecule has 6 heteroatoms. The maximum Gasteiger partial charge on any atom is 0.290 e. The van der Waals surface area contributed by atoms with Crippen molar-refractivity contribution in [2.24, 2.45) is 0 Å². The molecule has 1 amide bonds. The highest BCUT2D eigenvalue weighted by atomic mass is 16.5. The van der Waals surface area contributed by atoms with Gasteiger partial charge in [-0.25, -0.2) is 0 Å². The van der Waals surface area contributed by atoms with E-state index in [0.29, 0.717) is 24.0 Å². The van der Waals surface area contributed by atoms with E-state index in [1.165, 1.54) is 0 Å². The first-order valence-corrected chi connectivity index (χ1v) is 7.32. The minimum atomic E-state index is -0.137. The fourth-order valence-corrected chi connectivity index (χ4v) is 2.79. The molecule has 1 atom stereocenters. The summed E-state index contributed by atoms with van der Waals surface area (Å²) in [5.41, 5.74) is 0.854. The molecule has 0 aromatic carbocycles. The Kier molecular flexibility index (Phi) is 3.77. The predicted molar refractivity (Wildman–Crippen MR) is 74.7 cm³/mol. The van der Waals surface area contributed by atoms with Gasteiger partial charge in [0, 0.05) is 19.0 Å². The van der Waals surface area contributed by atoms with E-state index in [9.17, 15) is 4.79 Å². The van der Waals surface area contributed by atoms with Crippen LogP contribution in [0.15, 0.2) is 21.3 Å². The maximum atomic E-state index is 12.8. The van der Waals surface area contributed by atoms with Gasteiger partial charge in [0.15, 0.2) is 11.6 Å². The highest BCUT2D eigenvalue weighted by Crippen LogP contribution is 2.30. The van der Waals surface area contributed by atoms with Crippen molar-refractivity contribution in [2.45, 2.75) is 45.6 Å². The normalized spacial score (nSPS) is 19.5. The highest BCUT2D eigenvalue weighted by Gasteiger charge is 2.32. The van der Waals surface area contributed by atoms with Gasteiger partial charge in [0.1, 0.15) is 0 Å². The van der Waals surface area contributed by atoms with Gasteiger partial charge in [-0.2, -0.15) is 4.98 Å². The monoisotopic (exact) mass is 289 g/mol. The average molecular weight is 289 g/mol. The molecule has 1 fully saturated rings. The third-order valence-electron chi connectivity index (χ3n) is 3.91. The van der Waals surface area contributed by atoms with Gasteiger partial charge in [-0.15, -0.1) is 0 Å². The molecule has 112 valence electrons. The van der Waals surface area contributed by atoms with Crippen molar-refractivity contribution in [3.05, 3.63) is 35.4 Å². The van der Waals surface area contributed by atoms with Gasteiger partial charge in [0.05, 0.1) is 12.3 Å². The summed E-state index contributed by atoms with van der Waals surface area (Å²) in [5.74, 6) is 1.43. The number of rotatable bonds is 2. The molecule has 1 aliphatic heterocycles. The Morgan fingerprint density at radius 1 is 1.33 bits per heavy atom. The van der Waals surface area contributed by atoms with Crippen LogP contribution in [0.3, 0.4) is 0 Å². The van der Waals surface area contributed by atoms with Gasteiger partial charge in [0.2, 0.25) is 5.89 Å². The highest BCUT2D eigenvalue weighted by molar-refractivity contribution is 5.93. The van der Waals surface area contributed by atoms with Crippen LogP contribution in [0.5, 0.6) is 0 Å². The summed E-state index contributed by atoms with van der Waals surface area (Å²) in [5, 5.41) is 4.01. The second kappa shape index (κ2) is 5.71. The summed E-state index contributed by atoms with van der Waals surface area (Å²) in [6, 6.07) is 1.67. The minimum absolute atomic E-state index is 0.0909. The number of aryl methyl sites for hydroxylation is 2. The Morgan fingerprint density at radius 2 is 2.19 bits per heavy atom. The Morgan fingerprint density at radius 3 is 2.86 bits per heavy atom. The first-order valence-electron chi connectivity index (χ1n) is 7.32. The van der Waals surface area contributed by atoms with Gasteiger partial charge in [-0.3, -0.25) is 4.79 Å². The molecule has 0 bridgehead atoms. The molecule has 0 unspecified atom stereocenters. The molecule has 0 spiro atoms. The van der Waals surface area contributed by atoms with Crippen LogP contribution in [-0.4, -0.2) is 27.5 Å². The number of aromatic nitrogens is 2. The van der Waals surface area contributed by atoms with E-state index in [2.05, 4.69) is 10.1 Å². The SMILES string of the molecule is Cc1nc([C@H]2CCCCCN2C(=O)c2occc2C)no1. The summed E-state index contributed by atoms with van der Waals surface area (Å²) < 4.78 is 10.4. The van der Waals surface area contributed by atoms with Crippen LogP contribution in [0.4, 0.5) is 0 Å². The average Bonchev–Trinajstić information content (AvgIpc) is 3.00. The summed E-state index contributed by atoms with van der Waals surface area (Å²) in [6.07, 6.45) is 5.55. The second-order valence-electron chi connectivity index (χ2n) is 5.47. The molecule has 0 saturated carbocycles. The van der Waals surface area contributed by atoms with Gasteiger partial charge >= 0.3 is 0 Å². The van der Waals surface area contributed by atoms with Crippen LogP contribution in [0, 0.1) is 13.8 Å². The van der Waals surface area contributed by atoms with E-state index in [0.717, 1.165) is 31.2 Å². The fraction of sp³-hybridized carbons (Fsp3) is 0.533. The topological polar surface area (TPSA) is 72.4 Å². The van der Waals surface area contributed by atoms with E-state index in [1.54, 1.807) is 19.3 Å². The molecule has 0 aliphatic carbocycles. The lowest BCUT2D eigenvalue weighted by Crippen LogP contribution is -2.35. The van der Waals surface area contributed by atoms with Gasteiger partial charge in [-0.05, 0) is 25.8 Å². The van der Waals surface area contributed by atoms with Crippen LogP contribution in [0.25, 0.3) is 0 Å². The van der Waals surface area contributed by atoms with Crippen molar-refractivity contribution >= 4 is 5.91 Å². The zero-order valence-corrected chi connectivity index (χ0v) is 12.3. The minimum Gasteiger partial charge on any atom is -0.459 e. The molecule has 1 saturated heterocycles. The zero-order valence-electron chi connectivity index (χ0n) is 12.3. The summed E-state index contributed by atoms with van der Waals surface area (Å²) >= 11 is 0. The molecule has 0 radical (unpaired) electrons. The number of carbonyl (C=O) groups excluding carboxylic acids is 1. The molecule has 6 nitrogen and oxygen atoms in total. The van der Waals surface area contributed by atoms with E-state index < -0.39 is 0 Å². The molecule has 3 rings (SSSR count). The number of amides is 1. The van der Waals surface area contributed by atoms with E-state index in [4.69, 9.17) is 8.94 Å². The molecule has 0 N–H and O–H groups in total. The number of hydrogen-bond acceptors (Lipinski definition) is 5. The number of likely N-dealkylation sites (tertiary alicyclic amines) is 1. The Hall–Kier alpha value is -2.11. The zero-order chi connectivity index (χ0) is 14.8. The van der Waals surface area contributed by atoms with Crippen molar-refractivity contribution in [3.63, 3.8) is 0 Å². The lowest BCUT2D eigenvalue weighted by Gasteiger charge is -2.27. The first kappa shape index (κ1) is 13.9. The smallest absolute Gasteiger partial charge is 0.290 e. The number of carbonyl (C=O) groups is 1. The quantitative estimate of drug-likeness (QED) is 0.849. The molecule has 3 heterocycles. The first-order chi connectivity index (χ1) is 10.2. The van der Waals surface area contributed by atoms with E-state index in [-0.39, 0.29) is 11.9 Å². The van der Waals surface area contributed by atoms with Crippen LogP contribution in [-0.2, 0) is 0 Å².